The van der Waals surface area contributed by atoms with Gasteiger partial charge in [0.05, 0.1) is 6.20 Å². The summed E-state index contributed by atoms with van der Waals surface area (Å²) in [5, 5.41) is 7.39. The van der Waals surface area contributed by atoms with Crippen LogP contribution >= 0.6 is 0 Å². The molecule has 0 aromatic carbocycles. The van der Waals surface area contributed by atoms with Gasteiger partial charge in [0.2, 0.25) is 0 Å². The standard InChI is InChI=1S/C10H18N4O2S/c1-13-10(5-8-12-13)17(15,16)14(2)9-3-6-11-7-4-9/h5,8-9,11H,3-4,6-7H2,1-2H3. The van der Waals surface area contributed by atoms with Gasteiger partial charge in [-0.25, -0.2) is 8.42 Å². The van der Waals surface area contributed by atoms with E-state index in [1.165, 1.54) is 21.3 Å². The predicted octanol–water partition coefficient (Wildman–Crippen LogP) is -0.207. The molecule has 2 heterocycles. The molecule has 0 spiro atoms. The van der Waals surface area contributed by atoms with Crippen LogP contribution in [0.3, 0.4) is 0 Å². The maximum Gasteiger partial charge on any atom is 0.260 e. The Bertz CT molecular complexity index is 476. The second-order valence-corrected chi connectivity index (χ2v) is 6.24. The number of piperidine rings is 1. The highest BCUT2D eigenvalue weighted by atomic mass is 32.2. The van der Waals surface area contributed by atoms with Crippen molar-refractivity contribution in [3.8, 4) is 0 Å². The fraction of sp³-hybridized carbons (Fsp3) is 0.700. The molecular formula is C10H18N4O2S. The lowest BCUT2D eigenvalue weighted by atomic mass is 10.1. The maximum atomic E-state index is 12.4. The summed E-state index contributed by atoms with van der Waals surface area (Å²) in [6.07, 6.45) is 3.21. The molecule has 0 bridgehead atoms. The fourth-order valence-corrected chi connectivity index (χ4v) is 3.64. The molecule has 0 atom stereocenters. The summed E-state index contributed by atoms with van der Waals surface area (Å²) in [5.74, 6) is 0. The Kier molecular flexibility index (Phi) is 3.50. The van der Waals surface area contributed by atoms with Gasteiger partial charge < -0.3 is 5.32 Å². The highest BCUT2D eigenvalue weighted by Gasteiger charge is 2.30. The Morgan fingerprint density at radius 3 is 2.65 bits per heavy atom. The monoisotopic (exact) mass is 258 g/mol. The molecule has 1 aromatic heterocycles. The average molecular weight is 258 g/mol. The van der Waals surface area contributed by atoms with Crippen molar-refractivity contribution in [1.29, 1.82) is 0 Å². The molecule has 6 nitrogen and oxygen atoms in total. The third kappa shape index (κ3) is 2.36. The second-order valence-electron chi connectivity index (χ2n) is 4.30. The van der Waals surface area contributed by atoms with Gasteiger partial charge in [-0.3, -0.25) is 4.68 Å². The van der Waals surface area contributed by atoms with Gasteiger partial charge in [0, 0.05) is 20.1 Å². The van der Waals surface area contributed by atoms with E-state index >= 15 is 0 Å². The van der Waals surface area contributed by atoms with Gasteiger partial charge >= 0.3 is 0 Å². The molecule has 0 unspecified atom stereocenters. The minimum absolute atomic E-state index is 0.0798. The largest absolute Gasteiger partial charge is 0.317 e. The van der Waals surface area contributed by atoms with Gasteiger partial charge in [-0.15, -0.1) is 0 Å². The molecule has 0 radical (unpaired) electrons. The first-order chi connectivity index (χ1) is 8.03. The summed E-state index contributed by atoms with van der Waals surface area (Å²) < 4.78 is 27.6. The molecule has 17 heavy (non-hydrogen) atoms. The molecule has 1 fully saturated rings. The van der Waals surface area contributed by atoms with E-state index in [0.717, 1.165) is 25.9 Å². The second kappa shape index (κ2) is 4.75. The van der Waals surface area contributed by atoms with E-state index in [-0.39, 0.29) is 11.1 Å². The van der Waals surface area contributed by atoms with Crippen LogP contribution < -0.4 is 5.32 Å². The molecule has 1 N–H and O–H groups in total. The quantitative estimate of drug-likeness (QED) is 0.815. The smallest absolute Gasteiger partial charge is 0.260 e. The number of aromatic nitrogens is 2. The third-order valence-corrected chi connectivity index (χ3v) is 5.23. The van der Waals surface area contributed by atoms with E-state index in [9.17, 15) is 8.42 Å². The lowest BCUT2D eigenvalue weighted by Crippen LogP contribution is -2.44. The number of nitrogens with one attached hydrogen (secondary N) is 1. The number of sulfonamides is 1. The SMILES string of the molecule is CN(C1CCNCC1)S(=O)(=O)c1ccnn1C. The van der Waals surface area contributed by atoms with Gasteiger partial charge in [-0.05, 0) is 32.0 Å². The van der Waals surface area contributed by atoms with Gasteiger partial charge in [0.25, 0.3) is 10.0 Å². The van der Waals surface area contributed by atoms with Crippen molar-refractivity contribution in [2.45, 2.75) is 23.9 Å². The fourth-order valence-electron chi connectivity index (χ4n) is 2.13. The van der Waals surface area contributed by atoms with Crippen LogP contribution in [0.1, 0.15) is 12.8 Å². The topological polar surface area (TPSA) is 67.2 Å². The van der Waals surface area contributed by atoms with Crippen LogP contribution in [-0.4, -0.2) is 48.7 Å². The highest BCUT2D eigenvalue weighted by molar-refractivity contribution is 7.89. The molecule has 1 aliphatic rings. The van der Waals surface area contributed by atoms with E-state index in [4.69, 9.17) is 0 Å². The van der Waals surface area contributed by atoms with E-state index in [1.807, 2.05) is 0 Å². The Balaban J connectivity index is 2.23. The Labute approximate surface area is 102 Å². The highest BCUT2D eigenvalue weighted by Crippen LogP contribution is 2.19. The van der Waals surface area contributed by atoms with Crippen molar-refractivity contribution >= 4 is 10.0 Å². The molecule has 7 heteroatoms. The van der Waals surface area contributed by atoms with Crippen molar-refractivity contribution in [3.05, 3.63) is 12.3 Å². The average Bonchev–Trinajstić information content (AvgIpc) is 2.76. The van der Waals surface area contributed by atoms with Crippen LogP contribution in [-0.2, 0) is 17.1 Å². The summed E-state index contributed by atoms with van der Waals surface area (Å²) in [5.41, 5.74) is 0. The molecule has 2 rings (SSSR count). The van der Waals surface area contributed by atoms with Crippen LogP contribution in [0.2, 0.25) is 0 Å². The Hall–Kier alpha value is -0.920. The van der Waals surface area contributed by atoms with Crippen molar-refractivity contribution in [2.75, 3.05) is 20.1 Å². The van der Waals surface area contributed by atoms with Crippen LogP contribution in [0.25, 0.3) is 0 Å². The third-order valence-electron chi connectivity index (χ3n) is 3.24. The van der Waals surface area contributed by atoms with Crippen molar-refractivity contribution in [3.63, 3.8) is 0 Å². The summed E-state index contributed by atoms with van der Waals surface area (Å²) in [6, 6.07) is 1.61. The first kappa shape index (κ1) is 12.5. The van der Waals surface area contributed by atoms with Crippen molar-refractivity contribution < 1.29 is 8.42 Å². The van der Waals surface area contributed by atoms with Crippen LogP contribution in [0.15, 0.2) is 17.3 Å². The number of hydrogen-bond acceptors (Lipinski definition) is 4. The zero-order valence-corrected chi connectivity index (χ0v) is 10.9. The van der Waals surface area contributed by atoms with Gasteiger partial charge in [-0.2, -0.15) is 9.40 Å². The van der Waals surface area contributed by atoms with E-state index < -0.39 is 10.0 Å². The van der Waals surface area contributed by atoms with E-state index in [1.54, 1.807) is 14.1 Å². The van der Waals surface area contributed by atoms with Gasteiger partial charge in [0.1, 0.15) is 0 Å². The van der Waals surface area contributed by atoms with E-state index in [0.29, 0.717) is 0 Å². The molecule has 0 saturated carbocycles. The molecule has 1 aromatic rings. The number of hydrogen-bond donors (Lipinski definition) is 1. The summed E-state index contributed by atoms with van der Waals surface area (Å²) in [6.45, 7) is 1.74. The number of rotatable bonds is 3. The molecule has 0 amide bonds. The van der Waals surface area contributed by atoms with Gasteiger partial charge in [0.15, 0.2) is 5.03 Å². The lowest BCUT2D eigenvalue weighted by molar-refractivity contribution is 0.294. The first-order valence-corrected chi connectivity index (χ1v) is 7.14. The molecule has 0 aliphatic carbocycles. The predicted molar refractivity (Wildman–Crippen MR) is 64.0 cm³/mol. The summed E-state index contributed by atoms with van der Waals surface area (Å²) >= 11 is 0. The Morgan fingerprint density at radius 1 is 1.47 bits per heavy atom. The summed E-state index contributed by atoms with van der Waals surface area (Å²) in [4.78, 5) is 0. The van der Waals surface area contributed by atoms with Crippen LogP contribution in [0.5, 0.6) is 0 Å². The number of aryl methyl sites for hydroxylation is 1. The zero-order chi connectivity index (χ0) is 12.5. The number of nitrogens with zero attached hydrogens (tertiary/aromatic N) is 3. The van der Waals surface area contributed by atoms with Crippen molar-refractivity contribution in [1.82, 2.24) is 19.4 Å². The Morgan fingerprint density at radius 2 is 2.12 bits per heavy atom. The molecular weight excluding hydrogens is 240 g/mol. The van der Waals surface area contributed by atoms with Gasteiger partial charge in [-0.1, -0.05) is 0 Å². The molecule has 1 aliphatic heterocycles. The van der Waals surface area contributed by atoms with Crippen LogP contribution in [0.4, 0.5) is 0 Å². The molecule has 1 saturated heterocycles. The maximum absolute atomic E-state index is 12.4. The minimum atomic E-state index is -3.42. The van der Waals surface area contributed by atoms with E-state index in [2.05, 4.69) is 10.4 Å². The van der Waals surface area contributed by atoms with Crippen molar-refractivity contribution in [2.24, 2.45) is 7.05 Å². The molecule has 96 valence electrons. The summed E-state index contributed by atoms with van der Waals surface area (Å²) in [7, 11) is -0.127. The minimum Gasteiger partial charge on any atom is -0.317 e. The zero-order valence-electron chi connectivity index (χ0n) is 10.1. The van der Waals surface area contributed by atoms with Crippen LogP contribution in [0, 0.1) is 0 Å². The normalized spacial score (nSPS) is 18.8. The lowest BCUT2D eigenvalue weighted by Gasteiger charge is -2.30. The first-order valence-electron chi connectivity index (χ1n) is 5.70.